The van der Waals surface area contributed by atoms with Gasteiger partial charge < -0.3 is 0 Å². The Morgan fingerprint density at radius 3 is 0.474 bits per heavy atom. The van der Waals surface area contributed by atoms with Crippen LogP contribution in [0.3, 0.4) is 0 Å². The maximum atomic E-state index is 2.12. The molecule has 0 N–H and O–H groups in total. The van der Waals surface area contributed by atoms with E-state index in [1.54, 1.807) is 0 Å². The van der Waals surface area contributed by atoms with E-state index in [4.69, 9.17) is 0 Å². The molecule has 0 spiro atoms. The van der Waals surface area contributed by atoms with Crippen molar-refractivity contribution in [3.63, 3.8) is 0 Å². The molecule has 0 saturated carbocycles. The van der Waals surface area contributed by atoms with Crippen LogP contribution in [-0.4, -0.2) is 0 Å². The molecule has 108 valence electrons. The SMILES string of the molecule is CC.CC.CCC.c1ccccc1.c1ccccc1. The van der Waals surface area contributed by atoms with E-state index in [1.807, 2.05) is 100 Å². The van der Waals surface area contributed by atoms with Crippen LogP contribution in [0.15, 0.2) is 72.8 Å². The van der Waals surface area contributed by atoms with E-state index >= 15 is 0 Å². The van der Waals surface area contributed by atoms with Crippen molar-refractivity contribution in [3.05, 3.63) is 72.8 Å². The van der Waals surface area contributed by atoms with Gasteiger partial charge in [-0.25, -0.2) is 0 Å². The molecule has 0 unspecified atom stereocenters. The topological polar surface area (TPSA) is 0 Å². The number of hydrogen-bond donors (Lipinski definition) is 0. The first kappa shape index (κ1) is 22.6. The van der Waals surface area contributed by atoms with Gasteiger partial charge in [0.05, 0.1) is 0 Å². The van der Waals surface area contributed by atoms with Crippen LogP contribution < -0.4 is 0 Å². The molecule has 0 aliphatic heterocycles. The first-order valence-corrected chi connectivity index (χ1v) is 7.41. The summed E-state index contributed by atoms with van der Waals surface area (Å²) in [7, 11) is 0. The summed E-state index contributed by atoms with van der Waals surface area (Å²) in [5, 5.41) is 0. The zero-order valence-corrected chi connectivity index (χ0v) is 13.6. The van der Waals surface area contributed by atoms with Gasteiger partial charge in [0.15, 0.2) is 0 Å². The van der Waals surface area contributed by atoms with Crippen molar-refractivity contribution in [1.29, 1.82) is 0 Å². The highest BCUT2D eigenvalue weighted by molar-refractivity contribution is 4.99. The minimum absolute atomic E-state index is 1.25. The van der Waals surface area contributed by atoms with Gasteiger partial charge in [0, 0.05) is 0 Å². The second-order valence-corrected chi connectivity index (χ2v) is 3.02. The summed E-state index contributed by atoms with van der Waals surface area (Å²) in [4.78, 5) is 0. The fraction of sp³-hybridized carbons (Fsp3) is 0.368. The van der Waals surface area contributed by atoms with E-state index in [2.05, 4.69) is 13.8 Å². The van der Waals surface area contributed by atoms with Crippen molar-refractivity contribution in [2.75, 3.05) is 0 Å². The summed E-state index contributed by atoms with van der Waals surface area (Å²) in [5.41, 5.74) is 0. The Morgan fingerprint density at radius 2 is 0.421 bits per heavy atom. The minimum atomic E-state index is 1.25. The third-order valence-electron chi connectivity index (χ3n) is 1.33. The zero-order valence-electron chi connectivity index (χ0n) is 13.6. The monoisotopic (exact) mass is 260 g/mol. The molecule has 0 bridgehead atoms. The van der Waals surface area contributed by atoms with Gasteiger partial charge in [-0.05, 0) is 0 Å². The highest BCUT2D eigenvalue weighted by Gasteiger charge is 1.58. The lowest BCUT2D eigenvalue weighted by molar-refractivity contribution is 1.09. The second kappa shape index (κ2) is 29.9. The Bertz CT molecular complexity index is 188. The molecule has 0 aromatic heterocycles. The molecule has 0 fully saturated rings. The smallest absolute Gasteiger partial charge is 0.0590 e. The molecular weight excluding hydrogens is 228 g/mol. The van der Waals surface area contributed by atoms with E-state index in [1.165, 1.54) is 6.42 Å². The van der Waals surface area contributed by atoms with Crippen molar-refractivity contribution in [1.82, 2.24) is 0 Å². The fourth-order valence-electron chi connectivity index (χ4n) is 0.770. The number of hydrogen-bond acceptors (Lipinski definition) is 0. The predicted molar refractivity (Wildman–Crippen MR) is 91.5 cm³/mol. The van der Waals surface area contributed by atoms with E-state index < -0.39 is 0 Å². The van der Waals surface area contributed by atoms with Crippen molar-refractivity contribution in [2.24, 2.45) is 0 Å². The lowest BCUT2D eigenvalue weighted by Gasteiger charge is -1.69. The molecule has 2 aromatic rings. The van der Waals surface area contributed by atoms with Crippen molar-refractivity contribution >= 4 is 0 Å². The van der Waals surface area contributed by atoms with Crippen LogP contribution in [-0.2, 0) is 0 Å². The van der Waals surface area contributed by atoms with Crippen LogP contribution in [0.25, 0.3) is 0 Å². The Hall–Kier alpha value is -1.56. The molecule has 19 heavy (non-hydrogen) atoms. The lowest BCUT2D eigenvalue weighted by atomic mass is 10.4. The molecule has 0 aliphatic carbocycles. The molecule has 0 aliphatic rings. The lowest BCUT2D eigenvalue weighted by Crippen LogP contribution is -1.47. The predicted octanol–water partition coefficient (Wildman–Crippen LogP) is 6.84. The highest BCUT2D eigenvalue weighted by atomic mass is 13.7. The average Bonchev–Trinajstić information content (AvgIpc) is 2.56. The molecule has 0 nitrogen and oxygen atoms in total. The molecule has 0 radical (unpaired) electrons. The van der Waals surface area contributed by atoms with Gasteiger partial charge in [-0.3, -0.25) is 0 Å². The van der Waals surface area contributed by atoms with Gasteiger partial charge in [-0.15, -0.1) is 0 Å². The van der Waals surface area contributed by atoms with E-state index in [0.29, 0.717) is 0 Å². The van der Waals surface area contributed by atoms with Gasteiger partial charge in [0.2, 0.25) is 0 Å². The Kier molecular flexibility index (Phi) is 35.6. The first-order chi connectivity index (χ1) is 9.41. The molecule has 0 amide bonds. The van der Waals surface area contributed by atoms with Crippen molar-refractivity contribution < 1.29 is 0 Å². The molecule has 0 heteroatoms. The summed E-state index contributed by atoms with van der Waals surface area (Å²) in [6, 6.07) is 24.0. The van der Waals surface area contributed by atoms with Crippen LogP contribution in [0.1, 0.15) is 48.0 Å². The third-order valence-corrected chi connectivity index (χ3v) is 1.33. The van der Waals surface area contributed by atoms with Crippen molar-refractivity contribution in [2.45, 2.75) is 48.0 Å². The van der Waals surface area contributed by atoms with E-state index in [-0.39, 0.29) is 0 Å². The average molecular weight is 260 g/mol. The van der Waals surface area contributed by atoms with Gasteiger partial charge in [0.1, 0.15) is 0 Å². The summed E-state index contributed by atoms with van der Waals surface area (Å²) >= 11 is 0. The van der Waals surface area contributed by atoms with Gasteiger partial charge in [0.25, 0.3) is 0 Å². The highest BCUT2D eigenvalue weighted by Crippen LogP contribution is 1.80. The molecule has 2 rings (SSSR count). The normalized spacial score (nSPS) is 6.63. The van der Waals surface area contributed by atoms with Crippen LogP contribution in [0, 0.1) is 0 Å². The molecule has 0 saturated heterocycles. The third kappa shape index (κ3) is 31.5. The molecule has 0 heterocycles. The summed E-state index contributed by atoms with van der Waals surface area (Å²) in [5.74, 6) is 0. The van der Waals surface area contributed by atoms with E-state index in [9.17, 15) is 0 Å². The zero-order chi connectivity index (χ0) is 15.2. The Morgan fingerprint density at radius 1 is 0.368 bits per heavy atom. The number of rotatable bonds is 0. The van der Waals surface area contributed by atoms with Crippen LogP contribution in [0.4, 0.5) is 0 Å². The fourth-order valence-corrected chi connectivity index (χ4v) is 0.770. The Labute approximate surface area is 121 Å². The first-order valence-electron chi connectivity index (χ1n) is 7.41. The molecule has 0 atom stereocenters. The summed E-state index contributed by atoms with van der Waals surface area (Å²) in [6.07, 6.45) is 1.25. The molecular formula is C19H32. The molecule has 2 aromatic carbocycles. The van der Waals surface area contributed by atoms with E-state index in [0.717, 1.165) is 0 Å². The Balaban J connectivity index is -0.000000187. The summed E-state index contributed by atoms with van der Waals surface area (Å²) < 4.78 is 0. The second-order valence-electron chi connectivity index (χ2n) is 3.02. The van der Waals surface area contributed by atoms with Gasteiger partial charge in [-0.2, -0.15) is 0 Å². The van der Waals surface area contributed by atoms with Crippen LogP contribution in [0.5, 0.6) is 0 Å². The standard InChI is InChI=1S/2C6H6.C3H8.2C2H6/c2*1-2-4-6-5-3-1;1-3-2;2*1-2/h2*1-6H;3H2,1-2H3;2*1-2H3. The largest absolute Gasteiger partial charge is 0.0683 e. The van der Waals surface area contributed by atoms with Crippen LogP contribution >= 0.6 is 0 Å². The van der Waals surface area contributed by atoms with Crippen molar-refractivity contribution in [3.8, 4) is 0 Å². The van der Waals surface area contributed by atoms with Gasteiger partial charge in [-0.1, -0.05) is 121 Å². The number of benzene rings is 2. The summed E-state index contributed by atoms with van der Waals surface area (Å²) in [6.45, 7) is 12.2. The maximum absolute atomic E-state index is 2.12. The maximum Gasteiger partial charge on any atom is -0.0590 e. The van der Waals surface area contributed by atoms with Crippen LogP contribution in [0.2, 0.25) is 0 Å². The minimum Gasteiger partial charge on any atom is -0.0683 e. The van der Waals surface area contributed by atoms with Gasteiger partial charge >= 0.3 is 0 Å². The quantitative estimate of drug-likeness (QED) is 0.486.